The number of aromatic nitrogens is 4. The molecule has 1 saturated carbocycles. The molecular formula is C17H23N5O2. The normalized spacial score (nSPS) is 16.6. The maximum atomic E-state index is 12.6. The first-order chi connectivity index (χ1) is 11.6. The first-order valence-corrected chi connectivity index (χ1v) is 8.42. The first-order valence-electron chi connectivity index (χ1n) is 8.42. The summed E-state index contributed by atoms with van der Waals surface area (Å²) in [5.74, 6) is 0.691. The molecule has 0 bridgehead atoms. The highest BCUT2D eigenvalue weighted by atomic mass is 16.5. The van der Waals surface area contributed by atoms with Gasteiger partial charge in [0.05, 0.1) is 5.69 Å². The molecule has 3 rings (SSSR count). The third kappa shape index (κ3) is 3.72. The molecule has 7 nitrogen and oxygen atoms in total. The van der Waals surface area contributed by atoms with Gasteiger partial charge in [0, 0.05) is 13.1 Å². The number of benzene rings is 1. The number of carbonyl (C=O) groups excluding carboxylic acids is 1. The summed E-state index contributed by atoms with van der Waals surface area (Å²) < 4.78 is 7.37. The first kappa shape index (κ1) is 16.4. The summed E-state index contributed by atoms with van der Waals surface area (Å²) in [7, 11) is 1.89. The van der Waals surface area contributed by atoms with Crippen LogP contribution in [0.1, 0.15) is 39.0 Å². The molecule has 1 aliphatic rings. The van der Waals surface area contributed by atoms with E-state index in [9.17, 15) is 4.79 Å². The Morgan fingerprint density at radius 2 is 1.96 bits per heavy atom. The van der Waals surface area contributed by atoms with Crippen LogP contribution in [0, 0.1) is 0 Å². The monoisotopic (exact) mass is 329 g/mol. The minimum atomic E-state index is -0.504. The Kier molecular flexibility index (Phi) is 5.08. The Bertz CT molecular complexity index is 650. The van der Waals surface area contributed by atoms with Crippen LogP contribution in [0.2, 0.25) is 0 Å². The van der Waals surface area contributed by atoms with Gasteiger partial charge in [-0.25, -0.2) is 4.68 Å². The van der Waals surface area contributed by atoms with Gasteiger partial charge in [-0.2, -0.15) is 0 Å². The highest BCUT2D eigenvalue weighted by Gasteiger charge is 2.26. The number of ether oxygens (including phenoxy) is 1. The fraction of sp³-hybridized carbons (Fsp3) is 0.529. The predicted molar refractivity (Wildman–Crippen MR) is 88.9 cm³/mol. The SMILES string of the molecule is CC(Oc1ccc(-n2cnnn2)cc1)C(=O)N(C)C1CCCCC1. The lowest BCUT2D eigenvalue weighted by atomic mass is 9.94. The second kappa shape index (κ2) is 7.42. The van der Waals surface area contributed by atoms with Gasteiger partial charge >= 0.3 is 0 Å². The molecule has 24 heavy (non-hydrogen) atoms. The van der Waals surface area contributed by atoms with Crippen molar-refractivity contribution in [3.63, 3.8) is 0 Å². The number of rotatable bonds is 5. The summed E-state index contributed by atoms with van der Waals surface area (Å²) in [6.45, 7) is 1.80. The fourth-order valence-electron chi connectivity index (χ4n) is 3.15. The molecule has 0 saturated heterocycles. The molecule has 1 aromatic carbocycles. The average Bonchev–Trinajstić information content (AvgIpc) is 3.16. The highest BCUT2D eigenvalue weighted by molar-refractivity contribution is 5.81. The molecule has 0 spiro atoms. The number of carbonyl (C=O) groups is 1. The van der Waals surface area contributed by atoms with Crippen LogP contribution in [0.5, 0.6) is 5.75 Å². The molecule has 7 heteroatoms. The van der Waals surface area contributed by atoms with E-state index in [2.05, 4.69) is 15.5 Å². The van der Waals surface area contributed by atoms with E-state index in [1.807, 2.05) is 36.2 Å². The van der Waals surface area contributed by atoms with E-state index < -0.39 is 6.10 Å². The van der Waals surface area contributed by atoms with Crippen LogP contribution in [-0.2, 0) is 4.79 Å². The van der Waals surface area contributed by atoms with Gasteiger partial charge in [-0.1, -0.05) is 19.3 Å². The summed E-state index contributed by atoms with van der Waals surface area (Å²) >= 11 is 0. The Labute approximate surface area is 141 Å². The molecule has 2 aromatic rings. The molecule has 1 unspecified atom stereocenters. The van der Waals surface area contributed by atoms with E-state index in [-0.39, 0.29) is 5.91 Å². The van der Waals surface area contributed by atoms with E-state index in [0.29, 0.717) is 11.8 Å². The quantitative estimate of drug-likeness (QED) is 0.841. The van der Waals surface area contributed by atoms with Gasteiger partial charge < -0.3 is 9.64 Å². The van der Waals surface area contributed by atoms with Gasteiger partial charge in [-0.15, -0.1) is 5.10 Å². The van der Waals surface area contributed by atoms with Crippen LogP contribution in [0.25, 0.3) is 5.69 Å². The van der Waals surface area contributed by atoms with Crippen molar-refractivity contribution in [3.05, 3.63) is 30.6 Å². The van der Waals surface area contributed by atoms with Crippen LogP contribution >= 0.6 is 0 Å². The standard InChI is InChI=1S/C17H23N5O2/c1-13(17(23)21(2)14-6-4-3-5-7-14)24-16-10-8-15(9-11-16)22-12-18-19-20-22/h8-14H,3-7H2,1-2H3. The van der Waals surface area contributed by atoms with E-state index in [0.717, 1.165) is 18.5 Å². The molecule has 0 N–H and O–H groups in total. The zero-order valence-electron chi connectivity index (χ0n) is 14.1. The number of amides is 1. The van der Waals surface area contributed by atoms with Crippen molar-refractivity contribution in [2.24, 2.45) is 0 Å². The zero-order valence-corrected chi connectivity index (χ0v) is 14.1. The largest absolute Gasteiger partial charge is 0.481 e. The van der Waals surface area contributed by atoms with E-state index in [4.69, 9.17) is 4.74 Å². The van der Waals surface area contributed by atoms with Crippen molar-refractivity contribution >= 4 is 5.91 Å². The Hall–Kier alpha value is -2.44. The molecular weight excluding hydrogens is 306 g/mol. The van der Waals surface area contributed by atoms with Crippen LogP contribution in [-0.4, -0.2) is 50.2 Å². The van der Waals surface area contributed by atoms with E-state index in [1.54, 1.807) is 11.6 Å². The van der Waals surface area contributed by atoms with Crippen molar-refractivity contribution in [1.82, 2.24) is 25.1 Å². The summed E-state index contributed by atoms with van der Waals surface area (Å²) in [4.78, 5) is 14.4. The Balaban J connectivity index is 1.59. The number of tetrazole rings is 1. The van der Waals surface area contributed by atoms with E-state index >= 15 is 0 Å². The maximum Gasteiger partial charge on any atom is 0.263 e. The van der Waals surface area contributed by atoms with Crippen molar-refractivity contribution in [2.75, 3.05) is 7.05 Å². The highest BCUT2D eigenvalue weighted by Crippen LogP contribution is 2.23. The number of likely N-dealkylation sites (N-methyl/N-ethyl adjacent to an activating group) is 1. The minimum absolute atomic E-state index is 0.0338. The molecule has 0 aliphatic heterocycles. The topological polar surface area (TPSA) is 73.1 Å². The zero-order chi connectivity index (χ0) is 16.9. The fourth-order valence-corrected chi connectivity index (χ4v) is 3.15. The van der Waals surface area contributed by atoms with Crippen molar-refractivity contribution in [2.45, 2.75) is 51.2 Å². The van der Waals surface area contributed by atoms with Gasteiger partial charge in [0.15, 0.2) is 6.10 Å². The second-order valence-electron chi connectivity index (χ2n) is 6.25. The molecule has 1 aliphatic carbocycles. The average molecular weight is 329 g/mol. The predicted octanol–water partition coefficient (Wildman–Crippen LogP) is 2.22. The molecule has 1 amide bonds. The Morgan fingerprint density at radius 3 is 2.58 bits per heavy atom. The number of hydrogen-bond acceptors (Lipinski definition) is 5. The van der Waals surface area contributed by atoms with Gasteiger partial charge in [-0.3, -0.25) is 4.79 Å². The number of nitrogens with zero attached hydrogens (tertiary/aromatic N) is 5. The van der Waals surface area contributed by atoms with Gasteiger partial charge in [-0.05, 0) is 54.5 Å². The van der Waals surface area contributed by atoms with E-state index in [1.165, 1.54) is 25.6 Å². The molecule has 1 fully saturated rings. The molecule has 0 radical (unpaired) electrons. The van der Waals surface area contributed by atoms with Crippen LogP contribution in [0.15, 0.2) is 30.6 Å². The van der Waals surface area contributed by atoms with Crippen LogP contribution in [0.4, 0.5) is 0 Å². The lowest BCUT2D eigenvalue weighted by molar-refractivity contribution is -0.139. The summed E-state index contributed by atoms with van der Waals surface area (Å²) in [5, 5.41) is 11.0. The lowest BCUT2D eigenvalue weighted by Crippen LogP contribution is -2.44. The summed E-state index contributed by atoms with van der Waals surface area (Å²) in [5.41, 5.74) is 0.839. The molecule has 128 valence electrons. The summed E-state index contributed by atoms with van der Waals surface area (Å²) in [6.07, 6.45) is 6.90. The second-order valence-corrected chi connectivity index (χ2v) is 6.25. The van der Waals surface area contributed by atoms with Gasteiger partial charge in [0.2, 0.25) is 0 Å². The Morgan fingerprint density at radius 1 is 1.25 bits per heavy atom. The minimum Gasteiger partial charge on any atom is -0.481 e. The lowest BCUT2D eigenvalue weighted by Gasteiger charge is -2.32. The van der Waals surface area contributed by atoms with Crippen molar-refractivity contribution in [1.29, 1.82) is 0 Å². The van der Waals surface area contributed by atoms with Gasteiger partial charge in [0.25, 0.3) is 5.91 Å². The number of hydrogen-bond donors (Lipinski definition) is 0. The molecule has 1 atom stereocenters. The van der Waals surface area contributed by atoms with Crippen LogP contribution in [0.3, 0.4) is 0 Å². The van der Waals surface area contributed by atoms with Crippen molar-refractivity contribution in [3.8, 4) is 11.4 Å². The smallest absolute Gasteiger partial charge is 0.263 e. The molecule has 1 heterocycles. The maximum absolute atomic E-state index is 12.6. The third-order valence-corrected chi connectivity index (χ3v) is 4.58. The van der Waals surface area contributed by atoms with Crippen LogP contribution < -0.4 is 4.74 Å². The molecule has 1 aromatic heterocycles. The van der Waals surface area contributed by atoms with Crippen molar-refractivity contribution < 1.29 is 9.53 Å². The summed E-state index contributed by atoms with van der Waals surface area (Å²) in [6, 6.07) is 7.70. The third-order valence-electron chi connectivity index (χ3n) is 4.58. The van der Waals surface area contributed by atoms with Gasteiger partial charge in [0.1, 0.15) is 12.1 Å².